The Morgan fingerprint density at radius 1 is 1.62 bits per heavy atom. The Morgan fingerprint density at radius 3 is 2.94 bits per heavy atom. The molecule has 0 aliphatic rings. The third-order valence-electron chi connectivity index (χ3n) is 2.32. The number of hydrogen-bond acceptors (Lipinski definition) is 3. The highest BCUT2D eigenvalue weighted by Gasteiger charge is 2.04. The molecular weight excluding hydrogens is 222 g/mol. The molecule has 0 radical (unpaired) electrons. The molecule has 0 aliphatic carbocycles. The van der Waals surface area contributed by atoms with Crippen LogP contribution in [0.1, 0.15) is 31.0 Å². The number of amides is 2. The first-order chi connectivity index (χ1) is 7.61. The Balaban J connectivity index is 2.18. The minimum atomic E-state index is -0.0960. The van der Waals surface area contributed by atoms with Crippen LogP contribution >= 0.6 is 11.3 Å². The van der Waals surface area contributed by atoms with Gasteiger partial charge in [0.05, 0.1) is 10.7 Å². The van der Waals surface area contributed by atoms with Crippen LogP contribution in [0.3, 0.4) is 0 Å². The van der Waals surface area contributed by atoms with E-state index in [-0.39, 0.29) is 12.1 Å². The second kappa shape index (κ2) is 6.48. The average Bonchev–Trinajstić information content (AvgIpc) is 2.64. The van der Waals surface area contributed by atoms with Crippen LogP contribution in [0.15, 0.2) is 5.38 Å². The van der Waals surface area contributed by atoms with Gasteiger partial charge in [-0.3, -0.25) is 0 Å². The zero-order chi connectivity index (χ0) is 12.0. The summed E-state index contributed by atoms with van der Waals surface area (Å²) in [6.07, 6.45) is 1.73. The Labute approximate surface area is 100 Å². The van der Waals surface area contributed by atoms with Gasteiger partial charge in [0, 0.05) is 24.4 Å². The van der Waals surface area contributed by atoms with Gasteiger partial charge in [-0.2, -0.15) is 0 Å². The first kappa shape index (κ1) is 13.0. The highest BCUT2D eigenvalue weighted by atomic mass is 32.1. The molecule has 1 unspecified atom stereocenters. The minimum Gasteiger partial charge on any atom is -0.338 e. The summed E-state index contributed by atoms with van der Waals surface area (Å²) in [5.41, 5.74) is 1.05. The molecule has 0 fully saturated rings. The lowest BCUT2D eigenvalue weighted by molar-refractivity contribution is 0.237. The fourth-order valence-electron chi connectivity index (χ4n) is 1.20. The predicted octanol–water partition coefficient (Wildman–Crippen LogP) is 2.09. The summed E-state index contributed by atoms with van der Waals surface area (Å²) in [6, 6.07) is 0.128. The number of nitrogens with zero attached hydrogens (tertiary/aromatic N) is 1. The molecule has 1 rings (SSSR count). The van der Waals surface area contributed by atoms with Gasteiger partial charge >= 0.3 is 6.03 Å². The van der Waals surface area contributed by atoms with E-state index in [0.29, 0.717) is 6.54 Å². The van der Waals surface area contributed by atoms with Crippen LogP contribution in [0.4, 0.5) is 4.79 Å². The first-order valence-corrected chi connectivity index (χ1v) is 6.45. The van der Waals surface area contributed by atoms with Crippen LogP contribution in [-0.4, -0.2) is 23.6 Å². The van der Waals surface area contributed by atoms with Crippen LogP contribution in [0.2, 0.25) is 0 Å². The van der Waals surface area contributed by atoms with Crippen molar-refractivity contribution >= 4 is 17.4 Å². The Hall–Kier alpha value is -1.10. The molecule has 0 aromatic carbocycles. The highest BCUT2D eigenvalue weighted by Crippen LogP contribution is 2.07. The van der Waals surface area contributed by atoms with Crippen molar-refractivity contribution in [3.05, 3.63) is 16.1 Å². The van der Waals surface area contributed by atoms with Crippen molar-refractivity contribution in [1.82, 2.24) is 15.6 Å². The number of rotatable bonds is 5. The zero-order valence-corrected chi connectivity index (χ0v) is 10.9. The third-order valence-corrected chi connectivity index (χ3v) is 3.15. The van der Waals surface area contributed by atoms with E-state index in [2.05, 4.69) is 15.6 Å². The number of nitrogens with one attached hydrogen (secondary N) is 2. The van der Waals surface area contributed by atoms with Gasteiger partial charge in [0.15, 0.2) is 0 Å². The van der Waals surface area contributed by atoms with E-state index >= 15 is 0 Å². The largest absolute Gasteiger partial charge is 0.338 e. The average molecular weight is 241 g/mol. The quantitative estimate of drug-likeness (QED) is 0.829. The maximum atomic E-state index is 11.4. The molecule has 1 atom stereocenters. The van der Waals surface area contributed by atoms with Crippen molar-refractivity contribution < 1.29 is 4.79 Å². The topological polar surface area (TPSA) is 54.0 Å². The SMILES string of the molecule is CCC(C)NC(=O)NCCc1csc(C)n1. The van der Waals surface area contributed by atoms with Crippen LogP contribution in [-0.2, 0) is 6.42 Å². The van der Waals surface area contributed by atoms with E-state index in [4.69, 9.17) is 0 Å². The van der Waals surface area contributed by atoms with Gasteiger partial charge in [-0.05, 0) is 20.3 Å². The van der Waals surface area contributed by atoms with Gasteiger partial charge in [-0.25, -0.2) is 9.78 Å². The molecule has 1 aromatic heterocycles. The predicted molar refractivity (Wildman–Crippen MR) is 66.8 cm³/mol. The van der Waals surface area contributed by atoms with Crippen LogP contribution in [0.5, 0.6) is 0 Å². The van der Waals surface area contributed by atoms with Crippen molar-refractivity contribution in [2.45, 2.75) is 39.7 Å². The number of urea groups is 1. The fraction of sp³-hybridized carbons (Fsp3) is 0.636. The first-order valence-electron chi connectivity index (χ1n) is 5.57. The Morgan fingerprint density at radius 2 is 2.38 bits per heavy atom. The lowest BCUT2D eigenvalue weighted by atomic mass is 10.3. The van der Waals surface area contributed by atoms with Crippen molar-refractivity contribution in [3.8, 4) is 0 Å². The van der Waals surface area contributed by atoms with E-state index < -0.39 is 0 Å². The van der Waals surface area contributed by atoms with E-state index in [1.165, 1.54) is 0 Å². The second-order valence-corrected chi connectivity index (χ2v) is 4.88. The van der Waals surface area contributed by atoms with Gasteiger partial charge in [-0.15, -0.1) is 11.3 Å². The molecule has 2 N–H and O–H groups in total. The van der Waals surface area contributed by atoms with Gasteiger partial charge in [0.1, 0.15) is 0 Å². The summed E-state index contributed by atoms with van der Waals surface area (Å²) < 4.78 is 0. The molecule has 5 heteroatoms. The molecular formula is C11H19N3OS. The monoisotopic (exact) mass is 241 g/mol. The van der Waals surface area contributed by atoms with E-state index in [1.54, 1.807) is 11.3 Å². The summed E-state index contributed by atoms with van der Waals surface area (Å²) >= 11 is 1.64. The highest BCUT2D eigenvalue weighted by molar-refractivity contribution is 7.09. The summed E-state index contributed by atoms with van der Waals surface area (Å²) in [6.45, 7) is 6.65. The molecule has 1 heterocycles. The van der Waals surface area contributed by atoms with Crippen molar-refractivity contribution in [3.63, 3.8) is 0 Å². The lowest BCUT2D eigenvalue weighted by Gasteiger charge is -2.11. The summed E-state index contributed by atoms with van der Waals surface area (Å²) in [4.78, 5) is 15.7. The Kier molecular flexibility index (Phi) is 5.25. The molecule has 4 nitrogen and oxygen atoms in total. The van der Waals surface area contributed by atoms with E-state index in [0.717, 1.165) is 23.5 Å². The normalized spacial score (nSPS) is 12.2. The van der Waals surface area contributed by atoms with E-state index in [9.17, 15) is 4.79 Å². The number of aryl methyl sites for hydroxylation is 1. The maximum absolute atomic E-state index is 11.4. The summed E-state index contributed by atoms with van der Waals surface area (Å²) in [5, 5.41) is 8.77. The van der Waals surface area contributed by atoms with Gasteiger partial charge in [0.25, 0.3) is 0 Å². The molecule has 0 aliphatic heterocycles. The number of carbonyl (C=O) groups is 1. The molecule has 0 saturated carbocycles. The zero-order valence-electron chi connectivity index (χ0n) is 10.0. The number of thiazole rings is 1. The van der Waals surface area contributed by atoms with Crippen LogP contribution in [0.25, 0.3) is 0 Å². The molecule has 2 amide bonds. The van der Waals surface area contributed by atoms with Crippen molar-refractivity contribution in [2.24, 2.45) is 0 Å². The number of hydrogen-bond donors (Lipinski definition) is 2. The molecule has 0 saturated heterocycles. The summed E-state index contributed by atoms with van der Waals surface area (Å²) in [7, 11) is 0. The summed E-state index contributed by atoms with van der Waals surface area (Å²) in [5.74, 6) is 0. The smallest absolute Gasteiger partial charge is 0.315 e. The standard InChI is InChI=1S/C11H19N3OS/c1-4-8(2)13-11(15)12-6-5-10-7-16-9(3)14-10/h7-8H,4-6H2,1-3H3,(H2,12,13,15). The second-order valence-electron chi connectivity index (χ2n) is 3.82. The number of aromatic nitrogens is 1. The maximum Gasteiger partial charge on any atom is 0.315 e. The molecule has 90 valence electrons. The Bertz CT molecular complexity index is 338. The van der Waals surface area contributed by atoms with Crippen LogP contribution < -0.4 is 10.6 Å². The van der Waals surface area contributed by atoms with Gasteiger partial charge in [0.2, 0.25) is 0 Å². The van der Waals surface area contributed by atoms with Gasteiger partial charge < -0.3 is 10.6 Å². The number of carbonyl (C=O) groups excluding carboxylic acids is 1. The third kappa shape index (κ3) is 4.61. The molecule has 16 heavy (non-hydrogen) atoms. The van der Waals surface area contributed by atoms with Crippen LogP contribution in [0, 0.1) is 6.92 Å². The molecule has 1 aromatic rings. The van der Waals surface area contributed by atoms with E-state index in [1.807, 2.05) is 26.2 Å². The fourth-order valence-corrected chi connectivity index (χ4v) is 1.85. The van der Waals surface area contributed by atoms with Gasteiger partial charge in [-0.1, -0.05) is 6.92 Å². The van der Waals surface area contributed by atoms with Crippen molar-refractivity contribution in [2.75, 3.05) is 6.54 Å². The molecule has 0 bridgehead atoms. The van der Waals surface area contributed by atoms with Crippen molar-refractivity contribution in [1.29, 1.82) is 0 Å². The lowest BCUT2D eigenvalue weighted by Crippen LogP contribution is -2.41. The molecule has 0 spiro atoms. The minimum absolute atomic E-state index is 0.0960.